The van der Waals surface area contributed by atoms with E-state index in [-0.39, 0.29) is 5.91 Å². The minimum atomic E-state index is -0.496. The van der Waals surface area contributed by atoms with E-state index >= 15 is 0 Å². The van der Waals surface area contributed by atoms with Gasteiger partial charge in [-0.15, -0.1) is 0 Å². The molecule has 0 aliphatic rings. The summed E-state index contributed by atoms with van der Waals surface area (Å²) in [5.74, 6) is -0.131. The quantitative estimate of drug-likeness (QED) is 0.426. The fraction of sp³-hybridized carbons (Fsp3) is 0.111. The molecule has 0 unspecified atom stereocenters. The number of anilines is 1. The van der Waals surface area contributed by atoms with E-state index in [9.17, 15) is 4.79 Å². The van der Waals surface area contributed by atoms with Gasteiger partial charge in [0, 0.05) is 24.0 Å². The molecule has 0 fully saturated rings. The summed E-state index contributed by atoms with van der Waals surface area (Å²) >= 11 is 0. The van der Waals surface area contributed by atoms with E-state index in [1.54, 1.807) is 18.3 Å². The van der Waals surface area contributed by atoms with Crippen molar-refractivity contribution in [3.63, 3.8) is 0 Å². The second-order valence-electron chi connectivity index (χ2n) is 7.53. The number of carbonyl (C=O) groups is 1. The van der Waals surface area contributed by atoms with Crippen LogP contribution in [0.25, 0.3) is 11.3 Å². The highest BCUT2D eigenvalue weighted by molar-refractivity contribution is 5.95. The summed E-state index contributed by atoms with van der Waals surface area (Å²) in [6, 6.07) is 30.1. The number of hydrogen-bond donors (Lipinski definition) is 2. The van der Waals surface area contributed by atoms with Crippen LogP contribution in [0.15, 0.2) is 97.2 Å². The Morgan fingerprint density at radius 3 is 2.33 bits per heavy atom. The number of nitrogens with zero attached hydrogens (tertiary/aromatic N) is 3. The van der Waals surface area contributed by atoms with E-state index in [0.29, 0.717) is 17.8 Å². The molecule has 4 rings (SSSR count). The van der Waals surface area contributed by atoms with Crippen molar-refractivity contribution in [2.24, 2.45) is 0 Å². The molecule has 4 aromatic rings. The van der Waals surface area contributed by atoms with Crippen LogP contribution in [0.4, 0.5) is 5.69 Å². The van der Waals surface area contributed by atoms with Gasteiger partial charge in [0.15, 0.2) is 0 Å². The maximum atomic E-state index is 13.2. The van der Waals surface area contributed by atoms with Crippen molar-refractivity contribution < 1.29 is 4.79 Å². The van der Waals surface area contributed by atoms with Gasteiger partial charge in [-0.25, -0.2) is 0 Å². The molecule has 0 bridgehead atoms. The monoisotopic (exact) mass is 433 g/mol. The van der Waals surface area contributed by atoms with Gasteiger partial charge in [-0.1, -0.05) is 54.6 Å². The lowest BCUT2D eigenvalue weighted by molar-refractivity contribution is -0.118. The van der Waals surface area contributed by atoms with Gasteiger partial charge in [0.05, 0.1) is 17.3 Å². The molecule has 0 aliphatic heterocycles. The van der Waals surface area contributed by atoms with Crippen LogP contribution in [0.5, 0.6) is 0 Å². The highest BCUT2D eigenvalue weighted by Crippen LogP contribution is 2.20. The SMILES string of the molecule is N#Cc1ccc(CCN[C@H](C(=O)Nc2ccc(-c3cccnn3)cc2)c2ccccc2)cc1. The van der Waals surface area contributed by atoms with E-state index < -0.39 is 6.04 Å². The molecule has 0 spiro atoms. The van der Waals surface area contributed by atoms with Gasteiger partial charge in [-0.3, -0.25) is 4.79 Å². The zero-order valence-corrected chi connectivity index (χ0v) is 18.0. The topological polar surface area (TPSA) is 90.7 Å². The van der Waals surface area contributed by atoms with Crippen LogP contribution in [0.1, 0.15) is 22.7 Å². The third-order valence-electron chi connectivity index (χ3n) is 5.26. The zero-order valence-electron chi connectivity index (χ0n) is 18.0. The molecule has 1 amide bonds. The van der Waals surface area contributed by atoms with E-state index in [0.717, 1.165) is 28.8 Å². The lowest BCUT2D eigenvalue weighted by Gasteiger charge is -2.19. The number of hydrogen-bond acceptors (Lipinski definition) is 5. The van der Waals surface area contributed by atoms with Gasteiger partial charge in [-0.2, -0.15) is 15.5 Å². The third kappa shape index (κ3) is 5.88. The molecule has 162 valence electrons. The first-order chi connectivity index (χ1) is 16.2. The van der Waals surface area contributed by atoms with Crippen LogP contribution in [-0.2, 0) is 11.2 Å². The maximum absolute atomic E-state index is 13.2. The number of nitriles is 1. The normalized spacial score (nSPS) is 11.4. The van der Waals surface area contributed by atoms with Gasteiger partial charge in [0.25, 0.3) is 0 Å². The Kier molecular flexibility index (Phi) is 7.16. The van der Waals surface area contributed by atoms with Crippen LogP contribution in [0.2, 0.25) is 0 Å². The smallest absolute Gasteiger partial charge is 0.246 e. The summed E-state index contributed by atoms with van der Waals surface area (Å²) in [7, 11) is 0. The number of aromatic nitrogens is 2. The summed E-state index contributed by atoms with van der Waals surface area (Å²) in [5, 5.41) is 23.3. The predicted octanol–water partition coefficient (Wildman–Crippen LogP) is 4.53. The molecule has 6 nitrogen and oxygen atoms in total. The Hall–Kier alpha value is -4.34. The minimum absolute atomic E-state index is 0.131. The van der Waals surface area contributed by atoms with Gasteiger partial charge < -0.3 is 10.6 Å². The van der Waals surface area contributed by atoms with E-state index in [2.05, 4.69) is 26.9 Å². The van der Waals surface area contributed by atoms with Gasteiger partial charge in [0.2, 0.25) is 5.91 Å². The van der Waals surface area contributed by atoms with E-state index in [1.165, 1.54) is 0 Å². The van der Waals surface area contributed by atoms with Gasteiger partial charge >= 0.3 is 0 Å². The van der Waals surface area contributed by atoms with Gasteiger partial charge in [-0.05, 0) is 53.9 Å². The number of carbonyl (C=O) groups excluding carboxylic acids is 1. The molecule has 0 radical (unpaired) electrons. The van der Waals surface area contributed by atoms with Crippen molar-refractivity contribution in [1.29, 1.82) is 5.26 Å². The Morgan fingerprint density at radius 1 is 0.909 bits per heavy atom. The Balaban J connectivity index is 1.43. The minimum Gasteiger partial charge on any atom is -0.324 e. The standard InChI is InChI=1S/C27H23N5O/c28-19-21-10-8-20(9-11-21)16-18-29-26(23-5-2-1-3-6-23)27(33)31-24-14-12-22(13-15-24)25-7-4-17-30-32-25/h1-15,17,26,29H,16,18H2,(H,31,33)/t26-/m0/s1. The molecule has 1 aromatic heterocycles. The lowest BCUT2D eigenvalue weighted by Crippen LogP contribution is -2.34. The molecular formula is C27H23N5O. The van der Waals surface area contributed by atoms with Crippen LogP contribution >= 0.6 is 0 Å². The molecule has 6 heteroatoms. The molecule has 0 saturated heterocycles. The van der Waals surface area contributed by atoms with Gasteiger partial charge in [0.1, 0.15) is 6.04 Å². The molecule has 0 saturated carbocycles. The van der Waals surface area contributed by atoms with Crippen molar-refractivity contribution >= 4 is 11.6 Å². The Labute approximate surface area is 192 Å². The molecule has 2 N–H and O–H groups in total. The molecule has 3 aromatic carbocycles. The van der Waals surface area contributed by atoms with Crippen molar-refractivity contribution in [3.05, 3.63) is 114 Å². The maximum Gasteiger partial charge on any atom is 0.246 e. The summed E-state index contributed by atoms with van der Waals surface area (Å²) in [6.45, 7) is 0.616. The van der Waals surface area contributed by atoms with Crippen molar-refractivity contribution in [3.8, 4) is 17.3 Å². The predicted molar refractivity (Wildman–Crippen MR) is 128 cm³/mol. The summed E-state index contributed by atoms with van der Waals surface area (Å²) in [4.78, 5) is 13.2. The fourth-order valence-electron chi connectivity index (χ4n) is 3.51. The van der Waals surface area contributed by atoms with Crippen LogP contribution in [0, 0.1) is 11.3 Å². The third-order valence-corrected chi connectivity index (χ3v) is 5.26. The zero-order chi connectivity index (χ0) is 22.9. The lowest BCUT2D eigenvalue weighted by atomic mass is 10.0. The highest BCUT2D eigenvalue weighted by Gasteiger charge is 2.20. The number of amides is 1. The van der Waals surface area contributed by atoms with E-state index in [4.69, 9.17) is 5.26 Å². The summed E-state index contributed by atoms with van der Waals surface area (Å²) in [6.07, 6.45) is 2.38. The molecule has 1 atom stereocenters. The average molecular weight is 434 g/mol. The summed E-state index contributed by atoms with van der Waals surface area (Å²) < 4.78 is 0. The first-order valence-electron chi connectivity index (χ1n) is 10.7. The summed E-state index contributed by atoms with van der Waals surface area (Å²) in [5.41, 5.74) is 5.06. The van der Waals surface area contributed by atoms with Crippen LogP contribution < -0.4 is 10.6 Å². The van der Waals surface area contributed by atoms with Crippen LogP contribution in [0.3, 0.4) is 0 Å². The number of nitrogens with one attached hydrogen (secondary N) is 2. The van der Waals surface area contributed by atoms with E-state index in [1.807, 2.05) is 78.9 Å². The van der Waals surface area contributed by atoms with Crippen LogP contribution in [-0.4, -0.2) is 22.6 Å². The Morgan fingerprint density at radius 2 is 1.67 bits per heavy atom. The molecule has 0 aliphatic carbocycles. The molecule has 33 heavy (non-hydrogen) atoms. The first kappa shape index (κ1) is 21.9. The fourth-order valence-corrected chi connectivity index (χ4v) is 3.51. The highest BCUT2D eigenvalue weighted by atomic mass is 16.2. The number of benzene rings is 3. The second-order valence-corrected chi connectivity index (χ2v) is 7.53. The molecular weight excluding hydrogens is 410 g/mol. The van der Waals surface area contributed by atoms with Crippen molar-refractivity contribution in [2.75, 3.05) is 11.9 Å². The van der Waals surface area contributed by atoms with Crippen molar-refractivity contribution in [2.45, 2.75) is 12.5 Å². The van der Waals surface area contributed by atoms with Crippen molar-refractivity contribution in [1.82, 2.24) is 15.5 Å². The second kappa shape index (κ2) is 10.8. The molecule has 1 heterocycles. The Bertz CT molecular complexity index is 1220. The number of rotatable bonds is 8. The first-order valence-corrected chi connectivity index (χ1v) is 10.7. The average Bonchev–Trinajstić information content (AvgIpc) is 2.88. The largest absolute Gasteiger partial charge is 0.324 e.